The molecule has 0 saturated heterocycles. The Balaban J connectivity index is 2.24. The molecule has 2 aromatic rings. The predicted molar refractivity (Wildman–Crippen MR) is 86.5 cm³/mol. The van der Waals surface area contributed by atoms with Gasteiger partial charge in [0, 0.05) is 21.8 Å². The lowest BCUT2D eigenvalue weighted by Gasteiger charge is -2.11. The van der Waals surface area contributed by atoms with Gasteiger partial charge in [-0.25, -0.2) is 0 Å². The van der Waals surface area contributed by atoms with Crippen LogP contribution in [0.1, 0.15) is 11.1 Å². The van der Waals surface area contributed by atoms with Crippen LogP contribution in [0.15, 0.2) is 52.5 Å². The van der Waals surface area contributed by atoms with E-state index >= 15 is 0 Å². The number of nitrogens with zero attached hydrogens (tertiary/aromatic N) is 1. The molecule has 4 nitrogen and oxygen atoms in total. The Morgan fingerprint density at radius 3 is 2.76 bits per heavy atom. The molecule has 6 heteroatoms. The summed E-state index contributed by atoms with van der Waals surface area (Å²) in [6.07, 6.45) is 0. The van der Waals surface area contributed by atoms with Gasteiger partial charge in [-0.15, -0.1) is 11.8 Å². The summed E-state index contributed by atoms with van der Waals surface area (Å²) >= 11 is 7.75. The van der Waals surface area contributed by atoms with E-state index in [2.05, 4.69) is 5.16 Å². The SMILES string of the molecule is COc1ccc(/C(N)=N/O)cc1CSc1ccccc1Cl. The van der Waals surface area contributed by atoms with Gasteiger partial charge in [-0.05, 0) is 30.3 Å². The number of halogens is 1. The highest BCUT2D eigenvalue weighted by molar-refractivity contribution is 7.98. The van der Waals surface area contributed by atoms with Crippen molar-refractivity contribution in [2.45, 2.75) is 10.6 Å². The molecule has 0 aliphatic carbocycles. The quantitative estimate of drug-likeness (QED) is 0.289. The van der Waals surface area contributed by atoms with Crippen molar-refractivity contribution in [1.82, 2.24) is 0 Å². The molecule has 21 heavy (non-hydrogen) atoms. The third-order valence-corrected chi connectivity index (χ3v) is 4.47. The second-order valence-electron chi connectivity index (χ2n) is 4.23. The lowest BCUT2D eigenvalue weighted by molar-refractivity contribution is 0.318. The van der Waals surface area contributed by atoms with Crippen molar-refractivity contribution < 1.29 is 9.94 Å². The number of hydrogen-bond acceptors (Lipinski definition) is 4. The second kappa shape index (κ2) is 7.24. The first-order chi connectivity index (χ1) is 10.2. The zero-order valence-electron chi connectivity index (χ0n) is 11.4. The van der Waals surface area contributed by atoms with Gasteiger partial charge in [-0.1, -0.05) is 28.9 Å². The highest BCUT2D eigenvalue weighted by Crippen LogP contribution is 2.32. The molecule has 0 bridgehead atoms. The summed E-state index contributed by atoms with van der Waals surface area (Å²) in [6.45, 7) is 0. The molecule has 0 radical (unpaired) electrons. The molecule has 0 atom stereocenters. The van der Waals surface area contributed by atoms with Crippen molar-refractivity contribution in [2.24, 2.45) is 10.9 Å². The zero-order valence-corrected chi connectivity index (χ0v) is 13.0. The minimum Gasteiger partial charge on any atom is -0.496 e. The molecule has 2 rings (SSSR count). The fraction of sp³-hybridized carbons (Fsp3) is 0.133. The fourth-order valence-corrected chi connectivity index (χ4v) is 3.04. The van der Waals surface area contributed by atoms with Gasteiger partial charge >= 0.3 is 0 Å². The van der Waals surface area contributed by atoms with Gasteiger partial charge in [0.1, 0.15) is 5.75 Å². The molecule has 0 aliphatic heterocycles. The van der Waals surface area contributed by atoms with Crippen LogP contribution in [-0.4, -0.2) is 18.2 Å². The number of nitrogens with two attached hydrogens (primary N) is 1. The van der Waals surface area contributed by atoms with Crippen LogP contribution < -0.4 is 10.5 Å². The Morgan fingerprint density at radius 1 is 1.33 bits per heavy atom. The molecule has 0 aliphatic rings. The number of thioether (sulfide) groups is 1. The van der Waals surface area contributed by atoms with Crippen molar-refractivity contribution in [1.29, 1.82) is 0 Å². The maximum atomic E-state index is 8.76. The molecule has 0 saturated carbocycles. The number of ether oxygens (including phenoxy) is 1. The van der Waals surface area contributed by atoms with E-state index in [0.29, 0.717) is 16.3 Å². The molecule has 110 valence electrons. The third-order valence-electron chi connectivity index (χ3n) is 2.90. The summed E-state index contributed by atoms with van der Waals surface area (Å²) < 4.78 is 5.34. The average molecular weight is 323 g/mol. The minimum atomic E-state index is 0.0710. The van der Waals surface area contributed by atoms with Crippen LogP contribution in [0.2, 0.25) is 5.02 Å². The number of rotatable bonds is 5. The second-order valence-corrected chi connectivity index (χ2v) is 5.66. The lowest BCUT2D eigenvalue weighted by atomic mass is 10.1. The maximum Gasteiger partial charge on any atom is 0.170 e. The van der Waals surface area contributed by atoms with Gasteiger partial charge < -0.3 is 15.7 Å². The van der Waals surface area contributed by atoms with Gasteiger partial charge in [0.15, 0.2) is 5.84 Å². The molecule has 3 N–H and O–H groups in total. The Hall–Kier alpha value is -1.85. The highest BCUT2D eigenvalue weighted by atomic mass is 35.5. The summed E-state index contributed by atoms with van der Waals surface area (Å²) in [4.78, 5) is 0.996. The molecule has 0 aromatic heterocycles. The number of benzene rings is 2. The Kier molecular flexibility index (Phi) is 5.36. The lowest BCUT2D eigenvalue weighted by Crippen LogP contribution is -2.13. The summed E-state index contributed by atoms with van der Waals surface area (Å²) in [5.41, 5.74) is 7.21. The van der Waals surface area contributed by atoms with Crippen LogP contribution in [0, 0.1) is 0 Å². The Morgan fingerprint density at radius 2 is 2.10 bits per heavy atom. The summed E-state index contributed by atoms with van der Waals surface area (Å²) in [7, 11) is 1.61. The molecule has 0 spiro atoms. The fourth-order valence-electron chi connectivity index (χ4n) is 1.83. The zero-order chi connectivity index (χ0) is 15.2. The van der Waals surface area contributed by atoms with Gasteiger partial charge in [-0.2, -0.15) is 0 Å². The Bertz CT molecular complexity index is 662. The van der Waals surface area contributed by atoms with E-state index in [1.165, 1.54) is 0 Å². The third kappa shape index (κ3) is 3.83. The highest BCUT2D eigenvalue weighted by Gasteiger charge is 2.09. The normalized spacial score (nSPS) is 11.4. The molecule has 0 amide bonds. The van der Waals surface area contributed by atoms with E-state index in [-0.39, 0.29) is 5.84 Å². The summed E-state index contributed by atoms with van der Waals surface area (Å²) in [5, 5.41) is 12.5. The number of hydrogen-bond donors (Lipinski definition) is 2. The van der Waals surface area contributed by atoms with Crippen LogP contribution in [0.3, 0.4) is 0 Å². The monoisotopic (exact) mass is 322 g/mol. The molecular weight excluding hydrogens is 308 g/mol. The molecule has 2 aromatic carbocycles. The Labute approximate surface area is 132 Å². The van der Waals surface area contributed by atoms with Crippen molar-refractivity contribution in [3.05, 3.63) is 58.6 Å². The largest absolute Gasteiger partial charge is 0.496 e. The summed E-state index contributed by atoms with van der Waals surface area (Å²) in [6, 6.07) is 13.1. The van der Waals surface area contributed by atoms with Crippen LogP contribution in [0.25, 0.3) is 0 Å². The molecule has 0 unspecified atom stereocenters. The first-order valence-electron chi connectivity index (χ1n) is 6.18. The first kappa shape index (κ1) is 15.5. The van der Waals surface area contributed by atoms with Crippen molar-refractivity contribution in [3.63, 3.8) is 0 Å². The smallest absolute Gasteiger partial charge is 0.170 e. The van der Waals surface area contributed by atoms with Crippen LogP contribution in [0.5, 0.6) is 5.75 Å². The average Bonchev–Trinajstić information content (AvgIpc) is 2.53. The maximum absolute atomic E-state index is 8.76. The van der Waals surface area contributed by atoms with E-state index in [9.17, 15) is 0 Å². The molecular formula is C15H15ClN2O2S. The van der Waals surface area contributed by atoms with Crippen LogP contribution in [0.4, 0.5) is 0 Å². The van der Waals surface area contributed by atoms with E-state index < -0.39 is 0 Å². The van der Waals surface area contributed by atoms with Gasteiger partial charge in [-0.3, -0.25) is 0 Å². The van der Waals surface area contributed by atoms with Crippen LogP contribution in [-0.2, 0) is 5.75 Å². The van der Waals surface area contributed by atoms with E-state index in [4.69, 9.17) is 27.3 Å². The summed E-state index contributed by atoms with van der Waals surface area (Å²) in [5.74, 6) is 1.49. The van der Waals surface area contributed by atoms with Gasteiger partial charge in [0.25, 0.3) is 0 Å². The van der Waals surface area contributed by atoms with Gasteiger partial charge in [0.05, 0.1) is 12.1 Å². The standard InChI is InChI=1S/C15H15ClN2O2S/c1-20-13-7-6-10(15(17)18-19)8-11(13)9-21-14-5-3-2-4-12(14)16/h2-8,19H,9H2,1H3,(H2,17,18). The van der Waals surface area contributed by atoms with E-state index in [0.717, 1.165) is 16.2 Å². The van der Waals surface area contributed by atoms with Crippen molar-refractivity contribution in [2.75, 3.05) is 7.11 Å². The van der Waals surface area contributed by atoms with Crippen molar-refractivity contribution in [3.8, 4) is 5.75 Å². The van der Waals surface area contributed by atoms with Crippen LogP contribution >= 0.6 is 23.4 Å². The molecule has 0 heterocycles. The first-order valence-corrected chi connectivity index (χ1v) is 7.54. The number of oxime groups is 1. The minimum absolute atomic E-state index is 0.0710. The van der Waals surface area contributed by atoms with E-state index in [1.54, 1.807) is 31.0 Å². The van der Waals surface area contributed by atoms with Gasteiger partial charge in [0.2, 0.25) is 0 Å². The predicted octanol–water partition coefficient (Wildman–Crippen LogP) is 3.74. The van der Waals surface area contributed by atoms with E-state index in [1.807, 2.05) is 30.3 Å². The number of methoxy groups -OCH3 is 1. The van der Waals surface area contributed by atoms with Crippen molar-refractivity contribution >= 4 is 29.2 Å². The number of amidine groups is 1. The topological polar surface area (TPSA) is 67.8 Å². The molecule has 0 fully saturated rings.